The van der Waals surface area contributed by atoms with Gasteiger partial charge in [0.2, 0.25) is 21.8 Å². The molecule has 0 radical (unpaired) electrons. The number of halogens is 5. The lowest BCUT2D eigenvalue weighted by atomic mass is 10.1. The molecule has 2 rings (SSSR count). The van der Waals surface area contributed by atoms with Gasteiger partial charge in [0.25, 0.3) is 0 Å². The summed E-state index contributed by atoms with van der Waals surface area (Å²) in [5.41, 5.74) is -1.13. The van der Waals surface area contributed by atoms with E-state index in [1.165, 1.54) is 4.90 Å². The minimum atomic E-state index is -4.85. The molecule has 2 aromatic carbocycles. The zero-order valence-electron chi connectivity index (χ0n) is 21.4. The van der Waals surface area contributed by atoms with Crippen molar-refractivity contribution >= 4 is 50.7 Å². The summed E-state index contributed by atoms with van der Waals surface area (Å²) in [7, 11) is -4.23. The van der Waals surface area contributed by atoms with Crippen molar-refractivity contribution < 1.29 is 31.2 Å². The van der Waals surface area contributed by atoms with Gasteiger partial charge in [-0.15, -0.1) is 0 Å². The van der Waals surface area contributed by atoms with Gasteiger partial charge in [-0.25, -0.2) is 8.42 Å². The van der Waals surface area contributed by atoms with Crippen LogP contribution >= 0.6 is 23.2 Å². The van der Waals surface area contributed by atoms with Gasteiger partial charge in [0.05, 0.1) is 22.5 Å². The topological polar surface area (TPSA) is 86.8 Å². The number of sulfonamides is 1. The van der Waals surface area contributed by atoms with Crippen LogP contribution in [0.3, 0.4) is 0 Å². The van der Waals surface area contributed by atoms with Gasteiger partial charge in [-0.3, -0.25) is 13.9 Å². The molecule has 0 aliphatic rings. The largest absolute Gasteiger partial charge is 0.417 e. The number of hydrogen-bond donors (Lipinski definition) is 1. The highest BCUT2D eigenvalue weighted by molar-refractivity contribution is 7.92. The van der Waals surface area contributed by atoms with E-state index in [4.69, 9.17) is 23.2 Å². The molecule has 0 saturated carbocycles. The monoisotopic (exact) mass is 595 g/mol. The standard InChI is InChI=1S/C25H30Cl2F3N3O4S/c1-5-16(3)31-24(35)22(6-2)32(14-17-9-7-8-10-20(17)26)23(34)15-33(38(4,36)37)18-11-12-21(27)19(13-18)25(28,29)30/h7-13,16,22H,5-6,14-15H2,1-4H3,(H,31,35). The fourth-order valence-electron chi connectivity index (χ4n) is 3.67. The maximum absolute atomic E-state index is 13.6. The molecule has 0 bridgehead atoms. The molecule has 38 heavy (non-hydrogen) atoms. The number of alkyl halides is 3. The average molecular weight is 596 g/mol. The van der Waals surface area contributed by atoms with Gasteiger partial charge in [-0.2, -0.15) is 13.2 Å². The molecule has 2 amide bonds. The Bertz CT molecular complexity index is 1260. The van der Waals surface area contributed by atoms with Gasteiger partial charge in [0.1, 0.15) is 12.6 Å². The predicted molar refractivity (Wildman–Crippen MR) is 143 cm³/mol. The van der Waals surface area contributed by atoms with Gasteiger partial charge in [-0.1, -0.05) is 55.2 Å². The van der Waals surface area contributed by atoms with Crippen molar-refractivity contribution in [3.05, 3.63) is 63.6 Å². The molecule has 1 N–H and O–H groups in total. The van der Waals surface area contributed by atoms with E-state index in [-0.39, 0.29) is 19.0 Å². The summed E-state index contributed by atoms with van der Waals surface area (Å²) < 4.78 is 66.2. The van der Waals surface area contributed by atoms with E-state index in [2.05, 4.69) is 5.32 Å². The van der Waals surface area contributed by atoms with E-state index in [1.807, 2.05) is 6.92 Å². The quantitative estimate of drug-likeness (QED) is 0.371. The Hall–Kier alpha value is -2.50. The third-order valence-electron chi connectivity index (χ3n) is 5.91. The molecular weight excluding hydrogens is 566 g/mol. The van der Waals surface area contributed by atoms with Crippen molar-refractivity contribution in [2.75, 3.05) is 17.1 Å². The fraction of sp³-hybridized carbons (Fsp3) is 0.440. The summed E-state index contributed by atoms with van der Waals surface area (Å²) >= 11 is 12.0. The Balaban J connectivity index is 2.54. The Kier molecular flexibility index (Phi) is 10.9. The Labute approximate surface area is 230 Å². The van der Waals surface area contributed by atoms with E-state index >= 15 is 0 Å². The summed E-state index contributed by atoms with van der Waals surface area (Å²) in [6.07, 6.45) is -3.25. The van der Waals surface area contributed by atoms with Crippen LogP contribution in [0.2, 0.25) is 10.0 Å². The van der Waals surface area contributed by atoms with E-state index in [1.54, 1.807) is 38.1 Å². The molecule has 2 aromatic rings. The molecule has 210 valence electrons. The SMILES string of the molecule is CCC(C)NC(=O)C(CC)N(Cc1ccccc1Cl)C(=O)CN(c1ccc(Cl)c(C(F)(F)F)c1)S(C)(=O)=O. The minimum Gasteiger partial charge on any atom is -0.352 e. The van der Waals surface area contributed by atoms with Crippen LogP contribution < -0.4 is 9.62 Å². The molecule has 2 unspecified atom stereocenters. The van der Waals surface area contributed by atoms with Crippen LogP contribution in [0.15, 0.2) is 42.5 Å². The minimum absolute atomic E-state index is 0.128. The molecule has 0 aromatic heterocycles. The van der Waals surface area contributed by atoms with Crippen LogP contribution in [0, 0.1) is 0 Å². The maximum atomic E-state index is 13.6. The van der Waals surface area contributed by atoms with Gasteiger partial charge < -0.3 is 10.2 Å². The number of anilines is 1. The predicted octanol–water partition coefficient (Wildman–Crippen LogP) is 5.50. The second-order valence-corrected chi connectivity index (χ2v) is 11.5. The first-order valence-electron chi connectivity index (χ1n) is 11.8. The van der Waals surface area contributed by atoms with E-state index < -0.39 is 56.9 Å². The zero-order chi connectivity index (χ0) is 28.8. The van der Waals surface area contributed by atoms with Crippen molar-refractivity contribution in [3.63, 3.8) is 0 Å². The van der Waals surface area contributed by atoms with Crippen LogP contribution in [0.4, 0.5) is 18.9 Å². The van der Waals surface area contributed by atoms with Crippen molar-refractivity contribution in [1.82, 2.24) is 10.2 Å². The molecule has 0 fully saturated rings. The molecule has 2 atom stereocenters. The molecular formula is C25H30Cl2F3N3O4S. The molecule has 0 spiro atoms. The number of amides is 2. The summed E-state index contributed by atoms with van der Waals surface area (Å²) in [5, 5.41) is 2.54. The molecule has 7 nitrogen and oxygen atoms in total. The van der Waals surface area contributed by atoms with E-state index in [9.17, 15) is 31.2 Å². The van der Waals surface area contributed by atoms with E-state index in [0.717, 1.165) is 18.4 Å². The molecule has 0 heterocycles. The lowest BCUT2D eigenvalue weighted by molar-refractivity contribution is -0.140. The van der Waals surface area contributed by atoms with Crippen molar-refractivity contribution in [2.45, 2.75) is 58.4 Å². The number of nitrogens with zero attached hydrogens (tertiary/aromatic N) is 2. The Morgan fingerprint density at radius 1 is 1.03 bits per heavy atom. The van der Waals surface area contributed by atoms with E-state index in [0.29, 0.717) is 27.4 Å². The average Bonchev–Trinajstić information content (AvgIpc) is 2.82. The number of rotatable bonds is 11. The zero-order valence-corrected chi connectivity index (χ0v) is 23.7. The first-order chi connectivity index (χ1) is 17.6. The first kappa shape index (κ1) is 31.7. The lowest BCUT2D eigenvalue weighted by Crippen LogP contribution is -2.53. The number of carbonyl (C=O) groups excluding carboxylic acids is 2. The van der Waals surface area contributed by atoms with Gasteiger partial charge in [0, 0.05) is 17.6 Å². The normalized spacial score (nSPS) is 13.5. The second-order valence-electron chi connectivity index (χ2n) is 8.79. The fourth-order valence-corrected chi connectivity index (χ4v) is 4.93. The maximum Gasteiger partial charge on any atom is 0.417 e. The highest BCUT2D eigenvalue weighted by atomic mass is 35.5. The number of carbonyl (C=O) groups is 2. The molecule has 0 aliphatic heterocycles. The van der Waals surface area contributed by atoms with Crippen LogP contribution in [-0.4, -0.2) is 50.0 Å². The van der Waals surface area contributed by atoms with Crippen molar-refractivity contribution in [2.24, 2.45) is 0 Å². The Morgan fingerprint density at radius 3 is 2.18 bits per heavy atom. The molecule has 0 saturated heterocycles. The highest BCUT2D eigenvalue weighted by Crippen LogP contribution is 2.37. The second kappa shape index (κ2) is 13.0. The van der Waals surface area contributed by atoms with Crippen LogP contribution in [0.1, 0.15) is 44.7 Å². The number of nitrogens with one attached hydrogen (secondary N) is 1. The summed E-state index contributed by atoms with van der Waals surface area (Å²) in [6, 6.07) is 8.03. The van der Waals surface area contributed by atoms with Crippen molar-refractivity contribution in [1.29, 1.82) is 0 Å². The smallest absolute Gasteiger partial charge is 0.352 e. The lowest BCUT2D eigenvalue weighted by Gasteiger charge is -2.33. The summed E-state index contributed by atoms with van der Waals surface area (Å²) in [4.78, 5) is 27.9. The molecule has 0 aliphatic carbocycles. The van der Waals surface area contributed by atoms with Gasteiger partial charge >= 0.3 is 6.18 Å². The number of hydrogen-bond acceptors (Lipinski definition) is 4. The van der Waals surface area contributed by atoms with Gasteiger partial charge in [0.15, 0.2) is 0 Å². The third-order valence-corrected chi connectivity index (χ3v) is 7.75. The van der Waals surface area contributed by atoms with Crippen molar-refractivity contribution in [3.8, 4) is 0 Å². The summed E-state index contributed by atoms with van der Waals surface area (Å²) in [5.74, 6) is -1.25. The number of benzene rings is 2. The van der Waals surface area contributed by atoms with Crippen LogP contribution in [0.5, 0.6) is 0 Å². The third kappa shape index (κ3) is 8.25. The Morgan fingerprint density at radius 2 is 1.66 bits per heavy atom. The highest BCUT2D eigenvalue weighted by Gasteiger charge is 2.36. The van der Waals surface area contributed by atoms with Gasteiger partial charge in [-0.05, 0) is 49.6 Å². The van der Waals surface area contributed by atoms with Crippen LogP contribution in [0.25, 0.3) is 0 Å². The first-order valence-corrected chi connectivity index (χ1v) is 14.4. The van der Waals surface area contributed by atoms with Crippen LogP contribution in [-0.2, 0) is 32.3 Å². The molecule has 13 heteroatoms. The summed E-state index contributed by atoms with van der Waals surface area (Å²) in [6.45, 7) is 4.39.